The molecular formula is C19H26N4O2S. The molecule has 4 rings (SSSR count). The minimum atomic E-state index is -0.00954. The minimum Gasteiger partial charge on any atom is -0.339 e. The molecular weight excluding hydrogens is 348 g/mol. The van der Waals surface area contributed by atoms with Gasteiger partial charge in [0.05, 0.1) is 11.4 Å². The Morgan fingerprint density at radius 1 is 1.15 bits per heavy atom. The quantitative estimate of drug-likeness (QED) is 0.810. The van der Waals surface area contributed by atoms with E-state index in [-0.39, 0.29) is 18.4 Å². The fourth-order valence-electron chi connectivity index (χ4n) is 4.23. The summed E-state index contributed by atoms with van der Waals surface area (Å²) in [6.45, 7) is 3.58. The van der Waals surface area contributed by atoms with Crippen molar-refractivity contribution >= 4 is 29.3 Å². The zero-order chi connectivity index (χ0) is 17.9. The molecule has 3 heterocycles. The Morgan fingerprint density at radius 2 is 1.92 bits per heavy atom. The number of hydrogen-bond donors (Lipinski definition) is 0. The molecule has 0 atom stereocenters. The molecule has 3 aliphatic rings. The van der Waals surface area contributed by atoms with Crippen LogP contribution in [0.3, 0.4) is 0 Å². The van der Waals surface area contributed by atoms with E-state index in [2.05, 4.69) is 9.88 Å². The number of thioether (sulfide) groups is 1. The number of hydrogen-bond acceptors (Lipinski definition) is 5. The van der Waals surface area contributed by atoms with Gasteiger partial charge in [-0.2, -0.15) is 0 Å². The SMILES string of the molecule is O=C(CN1C(=O)CSc2ncccc21)N1CCN(C2CCCCC2)CC1. The summed E-state index contributed by atoms with van der Waals surface area (Å²) in [7, 11) is 0. The van der Waals surface area contributed by atoms with Crippen LogP contribution in [0.5, 0.6) is 0 Å². The highest BCUT2D eigenvalue weighted by Gasteiger charge is 2.31. The van der Waals surface area contributed by atoms with Crippen LogP contribution in [0.15, 0.2) is 23.4 Å². The van der Waals surface area contributed by atoms with Crippen LogP contribution >= 0.6 is 11.8 Å². The number of piperazine rings is 1. The van der Waals surface area contributed by atoms with Crippen molar-refractivity contribution in [3.63, 3.8) is 0 Å². The summed E-state index contributed by atoms with van der Waals surface area (Å²) >= 11 is 1.45. The average Bonchev–Trinajstić information content (AvgIpc) is 2.71. The first-order valence-electron chi connectivity index (χ1n) is 9.62. The van der Waals surface area contributed by atoms with Crippen LogP contribution in [0, 0.1) is 0 Å². The number of fused-ring (bicyclic) bond motifs is 1. The minimum absolute atomic E-state index is 0.00954. The van der Waals surface area contributed by atoms with Crippen molar-refractivity contribution in [3.05, 3.63) is 18.3 Å². The summed E-state index contributed by atoms with van der Waals surface area (Å²) in [5, 5.41) is 0.835. The third kappa shape index (κ3) is 3.74. The van der Waals surface area contributed by atoms with Gasteiger partial charge in [0, 0.05) is 38.4 Å². The molecule has 1 aromatic rings. The van der Waals surface area contributed by atoms with Crippen LogP contribution in [0.25, 0.3) is 0 Å². The molecule has 1 saturated carbocycles. The van der Waals surface area contributed by atoms with Gasteiger partial charge >= 0.3 is 0 Å². The molecule has 2 amide bonds. The Balaban J connectivity index is 1.35. The van der Waals surface area contributed by atoms with Crippen molar-refractivity contribution < 1.29 is 9.59 Å². The molecule has 1 saturated heterocycles. The number of amides is 2. The highest BCUT2D eigenvalue weighted by Crippen LogP contribution is 2.33. The Morgan fingerprint density at radius 3 is 2.69 bits per heavy atom. The van der Waals surface area contributed by atoms with Gasteiger partial charge in [-0.15, -0.1) is 0 Å². The number of anilines is 1. The number of rotatable bonds is 3. The molecule has 1 aliphatic carbocycles. The van der Waals surface area contributed by atoms with E-state index >= 15 is 0 Å². The van der Waals surface area contributed by atoms with Crippen molar-refractivity contribution in [2.24, 2.45) is 0 Å². The van der Waals surface area contributed by atoms with E-state index in [4.69, 9.17) is 0 Å². The second-order valence-corrected chi connectivity index (χ2v) is 8.27. The average molecular weight is 375 g/mol. The standard InChI is InChI=1S/C19H26N4O2S/c24-17(13-23-16-7-4-8-20-19(16)26-14-18(23)25)22-11-9-21(10-12-22)15-5-2-1-3-6-15/h4,7-8,15H,1-3,5-6,9-14H2. The monoisotopic (exact) mass is 374 g/mol. The fraction of sp³-hybridized carbons (Fsp3) is 0.632. The maximum atomic E-state index is 12.8. The Labute approximate surface area is 158 Å². The largest absolute Gasteiger partial charge is 0.339 e. The van der Waals surface area contributed by atoms with Crippen LogP contribution < -0.4 is 4.90 Å². The summed E-state index contributed by atoms with van der Waals surface area (Å²) in [5.74, 6) is 0.389. The van der Waals surface area contributed by atoms with Crippen LogP contribution in [-0.2, 0) is 9.59 Å². The van der Waals surface area contributed by atoms with Gasteiger partial charge in [-0.25, -0.2) is 4.98 Å². The van der Waals surface area contributed by atoms with E-state index < -0.39 is 0 Å². The molecule has 0 bridgehead atoms. The maximum absolute atomic E-state index is 12.8. The van der Waals surface area contributed by atoms with E-state index in [1.54, 1.807) is 11.1 Å². The lowest BCUT2D eigenvalue weighted by atomic mass is 9.94. The first-order valence-corrected chi connectivity index (χ1v) is 10.6. The van der Waals surface area contributed by atoms with E-state index in [9.17, 15) is 9.59 Å². The molecule has 0 N–H and O–H groups in total. The predicted octanol–water partition coefficient (Wildman–Crippen LogP) is 2.00. The Kier molecular flexibility index (Phi) is 5.45. The summed E-state index contributed by atoms with van der Waals surface area (Å²) in [6, 6.07) is 4.40. The molecule has 2 fully saturated rings. The Hall–Kier alpha value is -1.60. The molecule has 26 heavy (non-hydrogen) atoms. The topological polar surface area (TPSA) is 56.8 Å². The number of carbonyl (C=O) groups is 2. The van der Waals surface area contributed by atoms with Gasteiger partial charge in [0.15, 0.2) is 0 Å². The lowest BCUT2D eigenvalue weighted by Gasteiger charge is -2.41. The fourth-order valence-corrected chi connectivity index (χ4v) is 5.11. The number of carbonyl (C=O) groups excluding carboxylic acids is 2. The van der Waals surface area contributed by atoms with E-state index in [1.165, 1.54) is 43.9 Å². The molecule has 0 radical (unpaired) electrons. The molecule has 0 aromatic carbocycles. The molecule has 7 heteroatoms. The lowest BCUT2D eigenvalue weighted by Crippen LogP contribution is -2.54. The van der Waals surface area contributed by atoms with Crippen molar-refractivity contribution in [2.45, 2.75) is 43.2 Å². The third-order valence-electron chi connectivity index (χ3n) is 5.73. The lowest BCUT2D eigenvalue weighted by molar-refractivity contribution is -0.133. The van der Waals surface area contributed by atoms with Crippen molar-refractivity contribution in [3.8, 4) is 0 Å². The van der Waals surface area contributed by atoms with E-state index in [0.717, 1.165) is 36.9 Å². The Bertz CT molecular complexity index is 669. The first kappa shape index (κ1) is 17.8. The summed E-state index contributed by atoms with van der Waals surface area (Å²) < 4.78 is 0. The zero-order valence-electron chi connectivity index (χ0n) is 15.1. The molecule has 0 unspecified atom stereocenters. The molecule has 1 aromatic heterocycles. The van der Waals surface area contributed by atoms with Gasteiger partial charge in [0.25, 0.3) is 0 Å². The first-order chi connectivity index (χ1) is 12.7. The van der Waals surface area contributed by atoms with Crippen LogP contribution in [-0.4, -0.2) is 71.1 Å². The molecule has 6 nitrogen and oxygen atoms in total. The van der Waals surface area contributed by atoms with Gasteiger partial charge in [-0.1, -0.05) is 31.0 Å². The summed E-state index contributed by atoms with van der Waals surface area (Å²) in [5.41, 5.74) is 0.767. The van der Waals surface area contributed by atoms with Crippen molar-refractivity contribution in [1.29, 1.82) is 0 Å². The summed E-state index contributed by atoms with van der Waals surface area (Å²) in [6.07, 6.45) is 8.38. The smallest absolute Gasteiger partial charge is 0.242 e. The summed E-state index contributed by atoms with van der Waals surface area (Å²) in [4.78, 5) is 35.5. The second kappa shape index (κ2) is 7.96. The number of nitrogens with zero attached hydrogens (tertiary/aromatic N) is 4. The maximum Gasteiger partial charge on any atom is 0.242 e. The van der Waals surface area contributed by atoms with Gasteiger partial charge in [-0.05, 0) is 25.0 Å². The van der Waals surface area contributed by atoms with Gasteiger partial charge in [-0.3, -0.25) is 19.4 Å². The van der Waals surface area contributed by atoms with Crippen LogP contribution in [0.2, 0.25) is 0 Å². The number of aromatic nitrogens is 1. The van der Waals surface area contributed by atoms with Crippen LogP contribution in [0.1, 0.15) is 32.1 Å². The van der Waals surface area contributed by atoms with Crippen LogP contribution in [0.4, 0.5) is 5.69 Å². The van der Waals surface area contributed by atoms with Crippen molar-refractivity contribution in [2.75, 3.05) is 43.4 Å². The van der Waals surface area contributed by atoms with Gasteiger partial charge in [0.1, 0.15) is 11.6 Å². The second-order valence-electron chi connectivity index (χ2n) is 7.30. The molecule has 2 aliphatic heterocycles. The highest BCUT2D eigenvalue weighted by molar-refractivity contribution is 8.00. The van der Waals surface area contributed by atoms with Gasteiger partial charge in [0.2, 0.25) is 11.8 Å². The van der Waals surface area contributed by atoms with E-state index in [1.807, 2.05) is 17.0 Å². The molecule has 0 spiro atoms. The highest BCUT2D eigenvalue weighted by atomic mass is 32.2. The molecule has 140 valence electrons. The normalized spacial score (nSPS) is 22.4. The number of pyridine rings is 1. The van der Waals surface area contributed by atoms with Gasteiger partial charge < -0.3 is 4.90 Å². The third-order valence-corrected chi connectivity index (χ3v) is 6.71. The zero-order valence-corrected chi connectivity index (χ0v) is 15.9. The predicted molar refractivity (Wildman–Crippen MR) is 102 cm³/mol. The van der Waals surface area contributed by atoms with E-state index in [0.29, 0.717) is 11.8 Å². The van der Waals surface area contributed by atoms with Crippen molar-refractivity contribution in [1.82, 2.24) is 14.8 Å².